The van der Waals surface area contributed by atoms with Gasteiger partial charge in [-0.3, -0.25) is 18.1 Å². The lowest BCUT2D eigenvalue weighted by molar-refractivity contribution is 0.575. The number of aromatic nitrogens is 2. The number of nitrogens with zero attached hydrogens (tertiary/aromatic N) is 2. The van der Waals surface area contributed by atoms with Gasteiger partial charge >= 0.3 is 5.69 Å². The van der Waals surface area contributed by atoms with Gasteiger partial charge in [0.15, 0.2) is 0 Å². The van der Waals surface area contributed by atoms with Crippen molar-refractivity contribution in [1.82, 2.24) is 9.13 Å². The Labute approximate surface area is 126 Å². The summed E-state index contributed by atoms with van der Waals surface area (Å²) in [5.41, 5.74) is 5.38. The van der Waals surface area contributed by atoms with Crippen molar-refractivity contribution < 1.29 is 4.21 Å². The topological polar surface area (TPSA) is 99.1 Å². The van der Waals surface area contributed by atoms with Crippen LogP contribution in [-0.4, -0.2) is 31.9 Å². The van der Waals surface area contributed by atoms with Gasteiger partial charge in [0.25, 0.3) is 5.56 Å². The number of nitrogens with one attached hydrogen (secondary N) is 1. The van der Waals surface area contributed by atoms with E-state index < -0.39 is 22.0 Å². The molecule has 120 valence electrons. The first-order valence-electron chi connectivity index (χ1n) is 7.03. The quantitative estimate of drug-likeness (QED) is 0.663. The Balaban J connectivity index is 3.02. The van der Waals surface area contributed by atoms with Crippen LogP contribution in [0.2, 0.25) is 0 Å². The van der Waals surface area contributed by atoms with E-state index in [0.717, 1.165) is 17.4 Å². The van der Waals surface area contributed by atoms with Crippen LogP contribution >= 0.6 is 0 Å². The summed E-state index contributed by atoms with van der Waals surface area (Å²) < 4.78 is 13.5. The lowest BCUT2D eigenvalue weighted by Crippen LogP contribution is -2.41. The first kappa shape index (κ1) is 17.5. The Morgan fingerprint density at radius 2 is 1.95 bits per heavy atom. The largest absolute Gasteiger partial charge is 0.383 e. The van der Waals surface area contributed by atoms with Gasteiger partial charge in [-0.25, -0.2) is 4.79 Å². The smallest absolute Gasteiger partial charge is 0.332 e. The molecule has 0 amide bonds. The summed E-state index contributed by atoms with van der Waals surface area (Å²) in [7, 11) is 0.583. The maximum atomic E-state index is 12.1. The van der Waals surface area contributed by atoms with Crippen molar-refractivity contribution in [2.24, 2.45) is 7.05 Å². The zero-order valence-electron chi connectivity index (χ0n) is 12.8. The molecule has 0 aliphatic heterocycles. The number of anilines is 2. The fourth-order valence-electron chi connectivity index (χ4n) is 1.97. The standard InChI is InChI=1S/C13H24N4O3S/c1-4-5-8-17-11(14)10(12(18)16(2)13(17)19)15-7-6-9-21(3)20/h15H,4-9,14H2,1-3H3. The molecule has 1 atom stereocenters. The van der Waals surface area contributed by atoms with E-state index in [1.807, 2.05) is 6.92 Å². The van der Waals surface area contributed by atoms with Gasteiger partial charge in [-0.05, 0) is 12.8 Å². The third kappa shape index (κ3) is 4.45. The van der Waals surface area contributed by atoms with Gasteiger partial charge in [-0.2, -0.15) is 0 Å². The number of unbranched alkanes of at least 4 members (excludes halogenated alkanes) is 1. The van der Waals surface area contributed by atoms with Gasteiger partial charge in [-0.1, -0.05) is 13.3 Å². The molecule has 0 fully saturated rings. The molecule has 1 aromatic rings. The van der Waals surface area contributed by atoms with Crippen LogP contribution in [0.3, 0.4) is 0 Å². The molecule has 7 nitrogen and oxygen atoms in total. The molecular formula is C13H24N4O3S. The van der Waals surface area contributed by atoms with Crippen LogP contribution in [0.5, 0.6) is 0 Å². The number of nitrogens with two attached hydrogens (primary N) is 1. The van der Waals surface area contributed by atoms with Gasteiger partial charge < -0.3 is 11.1 Å². The minimum Gasteiger partial charge on any atom is -0.383 e. The average Bonchev–Trinajstić information content (AvgIpc) is 2.44. The fourth-order valence-corrected chi connectivity index (χ4v) is 2.52. The van der Waals surface area contributed by atoms with E-state index >= 15 is 0 Å². The Hall–Kier alpha value is -1.57. The highest BCUT2D eigenvalue weighted by Crippen LogP contribution is 2.11. The van der Waals surface area contributed by atoms with E-state index in [0.29, 0.717) is 25.3 Å². The summed E-state index contributed by atoms with van der Waals surface area (Å²) in [6.07, 6.45) is 4.05. The van der Waals surface area contributed by atoms with Gasteiger partial charge in [0.1, 0.15) is 11.5 Å². The van der Waals surface area contributed by atoms with Gasteiger partial charge in [-0.15, -0.1) is 0 Å². The van der Waals surface area contributed by atoms with E-state index in [2.05, 4.69) is 5.32 Å². The monoisotopic (exact) mass is 316 g/mol. The summed E-state index contributed by atoms with van der Waals surface area (Å²) in [6, 6.07) is 0. The Bertz CT molecular complexity index is 621. The van der Waals surface area contributed by atoms with Crippen molar-refractivity contribution in [1.29, 1.82) is 0 Å². The Morgan fingerprint density at radius 1 is 1.29 bits per heavy atom. The highest BCUT2D eigenvalue weighted by atomic mass is 32.2. The zero-order chi connectivity index (χ0) is 16.0. The van der Waals surface area contributed by atoms with Crippen molar-refractivity contribution in [3.8, 4) is 0 Å². The van der Waals surface area contributed by atoms with Crippen molar-refractivity contribution in [2.45, 2.75) is 32.7 Å². The van der Waals surface area contributed by atoms with Gasteiger partial charge in [0, 0.05) is 42.9 Å². The molecule has 0 bridgehead atoms. The van der Waals surface area contributed by atoms with Crippen molar-refractivity contribution in [3.63, 3.8) is 0 Å². The molecule has 21 heavy (non-hydrogen) atoms. The second kappa shape index (κ2) is 8.02. The minimum absolute atomic E-state index is 0.175. The summed E-state index contributed by atoms with van der Waals surface area (Å²) in [5.74, 6) is 0.733. The van der Waals surface area contributed by atoms with E-state index in [-0.39, 0.29) is 11.5 Å². The lowest BCUT2D eigenvalue weighted by Gasteiger charge is -2.15. The van der Waals surface area contributed by atoms with Crippen molar-refractivity contribution >= 4 is 22.3 Å². The molecule has 1 rings (SSSR count). The number of rotatable bonds is 8. The molecule has 0 spiro atoms. The van der Waals surface area contributed by atoms with Crippen LogP contribution in [0.4, 0.5) is 11.5 Å². The number of hydrogen-bond acceptors (Lipinski definition) is 5. The fraction of sp³-hybridized carbons (Fsp3) is 0.692. The molecule has 0 radical (unpaired) electrons. The third-order valence-corrected chi connectivity index (χ3v) is 4.09. The summed E-state index contributed by atoms with van der Waals surface area (Å²) >= 11 is 0. The van der Waals surface area contributed by atoms with Crippen LogP contribution in [-0.2, 0) is 24.4 Å². The second-order valence-corrected chi connectivity index (χ2v) is 6.52. The SMILES string of the molecule is CCCCn1c(N)c(NCCCS(C)=O)c(=O)n(C)c1=O. The van der Waals surface area contributed by atoms with E-state index in [1.165, 1.54) is 11.6 Å². The van der Waals surface area contributed by atoms with Gasteiger partial charge in [0.05, 0.1) is 0 Å². The molecular weight excluding hydrogens is 292 g/mol. The van der Waals surface area contributed by atoms with Crippen LogP contribution in [0, 0.1) is 0 Å². The Kier molecular flexibility index (Phi) is 6.67. The predicted molar refractivity (Wildman–Crippen MR) is 87.3 cm³/mol. The molecule has 0 aromatic carbocycles. The minimum atomic E-state index is -0.861. The van der Waals surface area contributed by atoms with E-state index in [9.17, 15) is 13.8 Å². The first-order valence-corrected chi connectivity index (χ1v) is 8.76. The average molecular weight is 316 g/mol. The van der Waals surface area contributed by atoms with Crippen LogP contribution in [0.1, 0.15) is 26.2 Å². The molecule has 1 unspecified atom stereocenters. The molecule has 0 saturated heterocycles. The molecule has 0 aliphatic carbocycles. The van der Waals surface area contributed by atoms with E-state index in [4.69, 9.17) is 5.73 Å². The molecule has 8 heteroatoms. The maximum Gasteiger partial charge on any atom is 0.332 e. The molecule has 1 aromatic heterocycles. The van der Waals surface area contributed by atoms with Crippen LogP contribution < -0.4 is 22.3 Å². The molecule has 0 saturated carbocycles. The maximum absolute atomic E-state index is 12.1. The summed E-state index contributed by atoms with van der Waals surface area (Å²) in [6.45, 7) is 3.00. The highest BCUT2D eigenvalue weighted by Gasteiger charge is 2.14. The Morgan fingerprint density at radius 3 is 2.52 bits per heavy atom. The lowest BCUT2D eigenvalue weighted by atomic mass is 10.3. The molecule has 1 heterocycles. The number of hydrogen-bond donors (Lipinski definition) is 2. The summed E-state index contributed by atoms with van der Waals surface area (Å²) in [4.78, 5) is 24.2. The van der Waals surface area contributed by atoms with Crippen molar-refractivity contribution in [3.05, 3.63) is 20.8 Å². The second-order valence-electron chi connectivity index (χ2n) is 4.97. The highest BCUT2D eigenvalue weighted by molar-refractivity contribution is 7.84. The normalized spacial score (nSPS) is 12.3. The third-order valence-electron chi connectivity index (χ3n) is 3.23. The molecule has 3 N–H and O–H groups in total. The zero-order valence-corrected chi connectivity index (χ0v) is 13.7. The van der Waals surface area contributed by atoms with Crippen LogP contribution in [0.25, 0.3) is 0 Å². The first-order chi connectivity index (χ1) is 9.90. The van der Waals surface area contributed by atoms with Crippen LogP contribution in [0.15, 0.2) is 9.59 Å². The van der Waals surface area contributed by atoms with Crippen molar-refractivity contribution in [2.75, 3.05) is 29.6 Å². The predicted octanol–water partition coefficient (Wildman–Crippen LogP) is 0.110. The molecule has 0 aliphatic rings. The summed E-state index contributed by atoms with van der Waals surface area (Å²) in [5, 5.41) is 2.97. The van der Waals surface area contributed by atoms with Gasteiger partial charge in [0.2, 0.25) is 0 Å². The number of nitrogen functional groups attached to an aromatic ring is 1. The van der Waals surface area contributed by atoms with E-state index in [1.54, 1.807) is 6.26 Å².